The lowest BCUT2D eigenvalue weighted by Crippen LogP contribution is -2.77. The van der Waals surface area contributed by atoms with Gasteiger partial charge in [-0.1, -0.05) is 96.8 Å². The van der Waals surface area contributed by atoms with Crippen molar-refractivity contribution in [3.05, 3.63) is 0 Å². The lowest BCUT2D eigenvalue weighted by molar-refractivity contribution is -0.415. The summed E-state index contributed by atoms with van der Waals surface area (Å²) in [6, 6.07) is 0. The van der Waals surface area contributed by atoms with Crippen LogP contribution in [0.15, 0.2) is 0 Å². The molecule has 0 radical (unpaired) electrons. The van der Waals surface area contributed by atoms with Crippen LogP contribution in [0.25, 0.3) is 0 Å². The number of aliphatic hydroxyl groups is 9. The molecule has 0 saturated carbocycles. The van der Waals surface area contributed by atoms with E-state index >= 15 is 0 Å². The van der Waals surface area contributed by atoms with Crippen molar-refractivity contribution in [3.63, 3.8) is 0 Å². The van der Waals surface area contributed by atoms with Crippen molar-refractivity contribution < 1.29 is 65.3 Å². The molecule has 0 aliphatic carbocycles. The van der Waals surface area contributed by atoms with Gasteiger partial charge in [0.1, 0.15) is 42.7 Å². The van der Waals surface area contributed by atoms with E-state index in [4.69, 9.17) is 24.8 Å². The molecule has 2 saturated heterocycles. The van der Waals surface area contributed by atoms with Gasteiger partial charge in [0.05, 0.1) is 19.8 Å². The first-order chi connectivity index (χ1) is 20.5. The average molecular weight is 627 g/mol. The Bertz CT molecular complexity index is 741. The zero-order chi connectivity index (χ0) is 32.5. The third-order valence-corrected chi connectivity index (χ3v) is 8.53. The molecule has 2 aliphatic heterocycles. The summed E-state index contributed by atoms with van der Waals surface area (Å²) < 4.78 is 10.2. The summed E-state index contributed by atoms with van der Waals surface area (Å²) in [5.41, 5.74) is -2.53. The van der Waals surface area contributed by atoms with Crippen LogP contribution in [0.1, 0.15) is 110 Å². The number of hydrogen-bond acceptors (Lipinski definition) is 12. The van der Waals surface area contributed by atoms with Gasteiger partial charge in [-0.2, -0.15) is 0 Å². The molecule has 0 aromatic carbocycles. The maximum absolute atomic E-state index is 10.7. The van der Waals surface area contributed by atoms with E-state index in [0.29, 0.717) is 6.42 Å². The number of unbranched alkanes of at least 4 members (excludes halogenated alkanes) is 14. The van der Waals surface area contributed by atoms with E-state index in [1.165, 1.54) is 83.5 Å². The van der Waals surface area contributed by atoms with Crippen molar-refractivity contribution >= 4 is 5.97 Å². The zero-order valence-electron chi connectivity index (χ0n) is 25.7. The Morgan fingerprint density at radius 2 is 1.02 bits per heavy atom. The number of hydrogen-bond donors (Lipinski definition) is 10. The molecule has 13 nitrogen and oxygen atoms in total. The van der Waals surface area contributed by atoms with Crippen LogP contribution in [0.3, 0.4) is 0 Å². The van der Waals surface area contributed by atoms with Crippen LogP contribution in [0.2, 0.25) is 0 Å². The summed E-state index contributed by atoms with van der Waals surface area (Å²) in [4.78, 5) is 10.3. The Labute approximate surface area is 255 Å². The molecule has 13 heteroatoms. The number of rotatable bonds is 20. The van der Waals surface area contributed by atoms with Crippen molar-refractivity contribution in [2.24, 2.45) is 0 Å². The highest BCUT2D eigenvalue weighted by atomic mass is 16.7. The molecule has 0 aromatic heterocycles. The number of aliphatic hydroxyl groups excluding tert-OH is 8. The van der Waals surface area contributed by atoms with Crippen LogP contribution < -0.4 is 0 Å². The van der Waals surface area contributed by atoms with Crippen LogP contribution in [0.5, 0.6) is 0 Å². The molecule has 10 N–H and O–H groups in total. The lowest BCUT2D eigenvalue weighted by Gasteiger charge is -2.53. The standard InChI is InChI=1S/C18H36O2.C12H22O11/c1-2-3-4-5-6-7-8-9-10-11-12-13-14-15-16-17-18(19)20;13-1-4-6(16)8(18)10(20)12(21,23-4)11(3-15)9(19)7(17)5(2-14)22-11/h2-17H2,1H3,(H,19,20);4-10,13-21H,1-3H2/t;4-,5-,6-,7-,8+,9+,10-,11+,12-/m.1/s1. The van der Waals surface area contributed by atoms with Crippen molar-refractivity contribution in [2.45, 2.75) is 164 Å². The maximum atomic E-state index is 10.7. The minimum atomic E-state index is -2.99. The van der Waals surface area contributed by atoms with Crippen molar-refractivity contribution in [3.8, 4) is 0 Å². The van der Waals surface area contributed by atoms with E-state index in [1.807, 2.05) is 0 Å². The fourth-order valence-electron chi connectivity index (χ4n) is 5.73. The van der Waals surface area contributed by atoms with Crippen LogP contribution in [0.4, 0.5) is 0 Å². The highest BCUT2D eigenvalue weighted by molar-refractivity contribution is 5.66. The monoisotopic (exact) mass is 626 g/mol. The number of aliphatic carboxylic acids is 1. The summed E-state index contributed by atoms with van der Waals surface area (Å²) in [7, 11) is 0. The third-order valence-electron chi connectivity index (χ3n) is 8.53. The number of carboxylic acid groups (broad SMARTS) is 1. The van der Waals surface area contributed by atoms with Gasteiger partial charge in [0.2, 0.25) is 5.79 Å². The molecular weight excluding hydrogens is 568 g/mol. The first-order valence-corrected chi connectivity index (χ1v) is 16.0. The first kappa shape index (κ1) is 40.1. The summed E-state index contributed by atoms with van der Waals surface area (Å²) in [5.74, 6) is -3.64. The van der Waals surface area contributed by atoms with Crippen LogP contribution in [-0.2, 0) is 14.3 Å². The fourth-order valence-corrected chi connectivity index (χ4v) is 5.73. The van der Waals surface area contributed by atoms with E-state index in [1.54, 1.807) is 0 Å². The van der Waals surface area contributed by atoms with E-state index in [2.05, 4.69) is 6.92 Å². The molecule has 0 unspecified atom stereocenters. The quantitative estimate of drug-likeness (QED) is 0.0821. The van der Waals surface area contributed by atoms with E-state index in [9.17, 15) is 40.5 Å². The van der Waals surface area contributed by atoms with Gasteiger partial charge in [-0.25, -0.2) is 0 Å². The van der Waals surface area contributed by atoms with Gasteiger partial charge in [-0.15, -0.1) is 0 Å². The van der Waals surface area contributed by atoms with E-state index in [-0.39, 0.29) is 0 Å². The van der Waals surface area contributed by atoms with Crippen molar-refractivity contribution in [1.29, 1.82) is 0 Å². The van der Waals surface area contributed by atoms with Gasteiger partial charge < -0.3 is 60.5 Å². The van der Waals surface area contributed by atoms with Gasteiger partial charge in [-0.3, -0.25) is 4.79 Å². The zero-order valence-corrected chi connectivity index (χ0v) is 25.7. The minimum Gasteiger partial charge on any atom is -0.481 e. The maximum Gasteiger partial charge on any atom is 0.303 e. The first-order valence-electron chi connectivity index (χ1n) is 16.0. The number of ether oxygens (including phenoxy) is 2. The molecule has 2 heterocycles. The van der Waals surface area contributed by atoms with Gasteiger partial charge in [-0.05, 0) is 6.42 Å². The van der Waals surface area contributed by atoms with Gasteiger partial charge >= 0.3 is 5.97 Å². The highest BCUT2D eigenvalue weighted by Crippen LogP contribution is 2.45. The molecule has 0 amide bonds. The Morgan fingerprint density at radius 3 is 1.40 bits per heavy atom. The molecule has 256 valence electrons. The molecule has 43 heavy (non-hydrogen) atoms. The second-order valence-electron chi connectivity index (χ2n) is 11.9. The second-order valence-corrected chi connectivity index (χ2v) is 11.9. The predicted octanol–water partition coefficient (Wildman–Crippen LogP) is 0.325. The SMILES string of the molecule is CCCCCCCCCCCCCCCCCC(=O)O.OC[C@H]1O[C@](CO)([C@]2(O)O[C@H](CO)[C@@H](O)[C@H](O)[C@H]2O)[C@@H](O)[C@@H]1O. The van der Waals surface area contributed by atoms with E-state index < -0.39 is 79.9 Å². The summed E-state index contributed by atoms with van der Waals surface area (Å²) >= 11 is 0. The Kier molecular flexibility index (Phi) is 19.5. The van der Waals surface area contributed by atoms with Crippen LogP contribution in [0, 0.1) is 0 Å². The summed E-state index contributed by atoms with van der Waals surface area (Å²) in [6.07, 6.45) is 7.46. The lowest BCUT2D eigenvalue weighted by atomic mass is 9.78. The Balaban J connectivity index is 0.000000436. The fraction of sp³-hybridized carbons (Fsp3) is 0.967. The Hall–Kier alpha value is -0.970. The second kappa shape index (κ2) is 20.9. The molecule has 0 bridgehead atoms. The molecule has 2 fully saturated rings. The number of carbonyl (C=O) groups is 1. The van der Waals surface area contributed by atoms with Crippen molar-refractivity contribution in [2.75, 3.05) is 19.8 Å². The van der Waals surface area contributed by atoms with Gasteiger partial charge in [0.25, 0.3) is 0 Å². The molecular formula is C30H58O13. The predicted molar refractivity (Wildman–Crippen MR) is 156 cm³/mol. The molecule has 2 rings (SSSR count). The third kappa shape index (κ3) is 11.4. The average Bonchev–Trinajstić information content (AvgIpc) is 3.26. The molecule has 0 spiro atoms. The molecule has 9 atom stereocenters. The molecule has 0 aromatic rings. The normalized spacial score (nSPS) is 34.1. The Morgan fingerprint density at radius 1 is 0.605 bits per heavy atom. The topological polar surface area (TPSA) is 238 Å². The summed E-state index contributed by atoms with van der Waals surface area (Å²) in [6.45, 7) is -0.542. The van der Waals surface area contributed by atoms with Gasteiger partial charge in [0, 0.05) is 6.42 Å². The largest absolute Gasteiger partial charge is 0.481 e. The molecule has 2 aliphatic rings. The van der Waals surface area contributed by atoms with E-state index in [0.717, 1.165) is 12.8 Å². The summed E-state index contributed by atoms with van der Waals surface area (Å²) in [5, 5.41) is 96.8. The van der Waals surface area contributed by atoms with Gasteiger partial charge in [0.15, 0.2) is 5.60 Å². The number of carboxylic acids is 1. The smallest absolute Gasteiger partial charge is 0.303 e. The van der Waals surface area contributed by atoms with Crippen LogP contribution in [-0.4, -0.2) is 131 Å². The minimum absolute atomic E-state index is 0.345. The van der Waals surface area contributed by atoms with Crippen molar-refractivity contribution in [1.82, 2.24) is 0 Å². The van der Waals surface area contributed by atoms with Crippen LogP contribution >= 0.6 is 0 Å². The highest BCUT2D eigenvalue weighted by Gasteiger charge is 2.71.